The number of hydrazine groups is 1. The zero-order valence-electron chi connectivity index (χ0n) is 11.5. The molecule has 0 heterocycles. The molecule has 0 saturated heterocycles. The molecule has 3 N–H and O–H groups in total. The van der Waals surface area contributed by atoms with E-state index in [4.69, 9.17) is 17.4 Å². The van der Waals surface area contributed by atoms with Gasteiger partial charge in [0.2, 0.25) is 0 Å². The van der Waals surface area contributed by atoms with Gasteiger partial charge in [-0.2, -0.15) is 0 Å². The van der Waals surface area contributed by atoms with Crippen LogP contribution in [0, 0.1) is 0 Å². The van der Waals surface area contributed by atoms with E-state index in [0.29, 0.717) is 6.04 Å². The second-order valence-corrected chi connectivity index (χ2v) is 5.34. The predicted octanol–water partition coefficient (Wildman–Crippen LogP) is 4.37. The molecule has 0 aliphatic carbocycles. The molecule has 0 amide bonds. The molecule has 0 rings (SSSR count). The van der Waals surface area contributed by atoms with E-state index in [1.807, 2.05) is 0 Å². The Hall–Kier alpha value is 0.210. The molecule has 0 aliphatic rings. The Bertz CT molecular complexity index is 142. The Kier molecular flexibility index (Phi) is 14.4. The van der Waals surface area contributed by atoms with Crippen molar-refractivity contribution in [2.45, 2.75) is 83.6 Å². The summed E-state index contributed by atoms with van der Waals surface area (Å²) >= 11 is 5.68. The molecule has 0 radical (unpaired) electrons. The zero-order chi connectivity index (χ0) is 12.8. The summed E-state index contributed by atoms with van der Waals surface area (Å²) < 4.78 is 0. The lowest BCUT2D eigenvalue weighted by Crippen LogP contribution is -2.35. The molecule has 0 aromatic rings. The molecule has 0 aromatic carbocycles. The van der Waals surface area contributed by atoms with Crippen LogP contribution in [0.3, 0.4) is 0 Å². The highest BCUT2D eigenvalue weighted by Gasteiger charge is 2.04. The Labute approximate surface area is 113 Å². The largest absolute Gasteiger partial charge is 0.271 e. The fourth-order valence-corrected chi connectivity index (χ4v) is 2.31. The molecule has 0 bridgehead atoms. The van der Waals surface area contributed by atoms with E-state index in [2.05, 4.69) is 12.3 Å². The Balaban J connectivity index is 3.19. The van der Waals surface area contributed by atoms with Crippen molar-refractivity contribution in [3.8, 4) is 0 Å². The molecule has 0 saturated carbocycles. The van der Waals surface area contributed by atoms with Crippen molar-refractivity contribution >= 4 is 11.6 Å². The van der Waals surface area contributed by atoms with Crippen LogP contribution < -0.4 is 11.3 Å². The molecule has 0 spiro atoms. The van der Waals surface area contributed by atoms with Crippen LogP contribution in [0.15, 0.2) is 0 Å². The SMILES string of the molecule is CCCCCCCCCCC(CCCCl)NN. The summed E-state index contributed by atoms with van der Waals surface area (Å²) in [6.45, 7) is 2.26. The van der Waals surface area contributed by atoms with Crippen LogP contribution in [0.4, 0.5) is 0 Å². The Morgan fingerprint density at radius 3 is 1.94 bits per heavy atom. The van der Waals surface area contributed by atoms with Gasteiger partial charge in [0.05, 0.1) is 0 Å². The van der Waals surface area contributed by atoms with Crippen molar-refractivity contribution in [1.29, 1.82) is 0 Å². The van der Waals surface area contributed by atoms with Gasteiger partial charge in [-0.25, -0.2) is 0 Å². The smallest absolute Gasteiger partial charge is 0.0224 e. The number of alkyl halides is 1. The van der Waals surface area contributed by atoms with Crippen molar-refractivity contribution in [3.05, 3.63) is 0 Å². The minimum absolute atomic E-state index is 0.467. The van der Waals surface area contributed by atoms with Gasteiger partial charge in [-0.1, -0.05) is 58.3 Å². The summed E-state index contributed by atoms with van der Waals surface area (Å²) in [5, 5.41) is 0. The third-order valence-corrected chi connectivity index (χ3v) is 3.60. The zero-order valence-corrected chi connectivity index (χ0v) is 12.3. The highest BCUT2D eigenvalue weighted by Crippen LogP contribution is 2.12. The van der Waals surface area contributed by atoms with E-state index < -0.39 is 0 Å². The molecule has 0 fully saturated rings. The normalized spacial score (nSPS) is 12.9. The molecule has 0 aromatic heterocycles. The van der Waals surface area contributed by atoms with Crippen LogP contribution in [0.5, 0.6) is 0 Å². The van der Waals surface area contributed by atoms with Crippen LogP contribution in [0.25, 0.3) is 0 Å². The van der Waals surface area contributed by atoms with E-state index in [-0.39, 0.29) is 0 Å². The van der Waals surface area contributed by atoms with Gasteiger partial charge >= 0.3 is 0 Å². The van der Waals surface area contributed by atoms with E-state index >= 15 is 0 Å². The van der Waals surface area contributed by atoms with Crippen LogP contribution >= 0.6 is 11.6 Å². The Morgan fingerprint density at radius 2 is 1.41 bits per heavy atom. The first-order valence-corrected chi connectivity index (χ1v) is 7.90. The van der Waals surface area contributed by atoms with Crippen LogP contribution in [-0.2, 0) is 0 Å². The van der Waals surface area contributed by atoms with Gasteiger partial charge in [0.1, 0.15) is 0 Å². The highest BCUT2D eigenvalue weighted by atomic mass is 35.5. The monoisotopic (exact) mass is 262 g/mol. The summed E-state index contributed by atoms with van der Waals surface area (Å²) in [4.78, 5) is 0. The van der Waals surface area contributed by atoms with Gasteiger partial charge in [0.15, 0.2) is 0 Å². The first-order chi connectivity index (χ1) is 8.35. The molecule has 17 heavy (non-hydrogen) atoms. The number of nitrogens with two attached hydrogens (primary N) is 1. The second-order valence-electron chi connectivity index (χ2n) is 4.96. The molecule has 1 unspecified atom stereocenters. The number of rotatable bonds is 13. The molecule has 2 nitrogen and oxygen atoms in total. The molecule has 104 valence electrons. The first-order valence-electron chi connectivity index (χ1n) is 7.37. The molecular formula is C14H31ClN2. The molecule has 0 aliphatic heterocycles. The summed E-state index contributed by atoms with van der Waals surface area (Å²) in [5.74, 6) is 6.26. The number of hydrogen-bond donors (Lipinski definition) is 2. The maximum atomic E-state index is 5.68. The van der Waals surface area contributed by atoms with Crippen LogP contribution in [0.1, 0.15) is 77.6 Å². The van der Waals surface area contributed by atoms with Gasteiger partial charge in [-0.15, -0.1) is 11.6 Å². The van der Waals surface area contributed by atoms with Crippen LogP contribution in [-0.4, -0.2) is 11.9 Å². The van der Waals surface area contributed by atoms with E-state index in [9.17, 15) is 0 Å². The molecule has 3 heteroatoms. The van der Waals surface area contributed by atoms with Crippen molar-refractivity contribution in [1.82, 2.24) is 5.43 Å². The first kappa shape index (κ1) is 17.2. The minimum atomic E-state index is 0.467. The molecule has 1 atom stereocenters. The maximum absolute atomic E-state index is 5.68. The van der Waals surface area contributed by atoms with Gasteiger partial charge in [-0.05, 0) is 19.3 Å². The van der Waals surface area contributed by atoms with E-state index in [1.165, 1.54) is 57.8 Å². The topological polar surface area (TPSA) is 38.0 Å². The Morgan fingerprint density at radius 1 is 0.882 bits per heavy atom. The standard InChI is InChI=1S/C14H31ClN2/c1-2-3-4-5-6-7-8-9-11-14(17-16)12-10-13-15/h14,17H,2-13,16H2,1H3. The third kappa shape index (κ3) is 12.5. The quantitative estimate of drug-likeness (QED) is 0.224. The van der Waals surface area contributed by atoms with E-state index in [1.54, 1.807) is 0 Å². The van der Waals surface area contributed by atoms with Crippen molar-refractivity contribution in [2.24, 2.45) is 5.84 Å². The van der Waals surface area contributed by atoms with Gasteiger partial charge in [-0.3, -0.25) is 11.3 Å². The molecular weight excluding hydrogens is 232 g/mol. The van der Waals surface area contributed by atoms with Crippen molar-refractivity contribution < 1.29 is 0 Å². The number of nitrogens with one attached hydrogen (secondary N) is 1. The second kappa shape index (κ2) is 14.3. The number of hydrogen-bond acceptors (Lipinski definition) is 2. The maximum Gasteiger partial charge on any atom is 0.0224 e. The lowest BCUT2D eigenvalue weighted by molar-refractivity contribution is 0.435. The van der Waals surface area contributed by atoms with Gasteiger partial charge in [0.25, 0.3) is 0 Å². The summed E-state index contributed by atoms with van der Waals surface area (Å²) in [6, 6.07) is 0.467. The summed E-state index contributed by atoms with van der Waals surface area (Å²) in [6.07, 6.45) is 14.4. The lowest BCUT2D eigenvalue weighted by Gasteiger charge is -2.14. The average molecular weight is 263 g/mol. The fraction of sp³-hybridized carbons (Fsp3) is 1.00. The third-order valence-electron chi connectivity index (χ3n) is 3.33. The van der Waals surface area contributed by atoms with Crippen LogP contribution in [0.2, 0.25) is 0 Å². The van der Waals surface area contributed by atoms with E-state index in [0.717, 1.165) is 18.7 Å². The summed E-state index contributed by atoms with van der Waals surface area (Å²) in [5.41, 5.74) is 2.90. The van der Waals surface area contributed by atoms with Gasteiger partial charge < -0.3 is 0 Å². The average Bonchev–Trinajstić information content (AvgIpc) is 2.36. The number of unbranched alkanes of at least 4 members (excludes halogenated alkanes) is 7. The summed E-state index contributed by atoms with van der Waals surface area (Å²) in [7, 11) is 0. The van der Waals surface area contributed by atoms with Crippen molar-refractivity contribution in [2.75, 3.05) is 5.88 Å². The fourth-order valence-electron chi connectivity index (χ4n) is 2.16. The highest BCUT2D eigenvalue weighted by molar-refractivity contribution is 6.17. The van der Waals surface area contributed by atoms with Crippen molar-refractivity contribution in [3.63, 3.8) is 0 Å². The predicted molar refractivity (Wildman–Crippen MR) is 78.3 cm³/mol. The minimum Gasteiger partial charge on any atom is -0.271 e. The lowest BCUT2D eigenvalue weighted by atomic mass is 10.0. The number of halogens is 1. The van der Waals surface area contributed by atoms with Gasteiger partial charge in [0, 0.05) is 11.9 Å².